The average molecular weight is 216 g/mol. The fraction of sp³-hybridized carbons (Fsp3) is 0.0833. The van der Waals surface area contributed by atoms with Crippen LogP contribution in [0.4, 0.5) is 5.69 Å². The monoisotopic (exact) mass is 216 g/mol. The second kappa shape index (κ2) is 4.10. The molecule has 4 heteroatoms. The molecule has 0 unspecified atom stereocenters. The van der Waals surface area contributed by atoms with Crippen molar-refractivity contribution in [2.24, 2.45) is 0 Å². The predicted molar refractivity (Wildman–Crippen MR) is 63.5 cm³/mol. The quantitative estimate of drug-likeness (QED) is 0.801. The van der Waals surface area contributed by atoms with Crippen LogP contribution < -0.4 is 16.0 Å². The van der Waals surface area contributed by atoms with Crippen LogP contribution >= 0.6 is 0 Å². The van der Waals surface area contributed by atoms with Crippen molar-refractivity contribution < 1.29 is 4.74 Å². The fourth-order valence-corrected chi connectivity index (χ4v) is 1.53. The normalized spacial score (nSPS) is 10.1. The number of hydrogen-bond donors (Lipinski definition) is 2. The van der Waals surface area contributed by atoms with Crippen molar-refractivity contribution in [3.63, 3.8) is 0 Å². The van der Waals surface area contributed by atoms with Gasteiger partial charge < -0.3 is 15.5 Å². The van der Waals surface area contributed by atoms with Crippen molar-refractivity contribution >= 4 is 5.69 Å². The minimum atomic E-state index is -0.277. The Hall–Kier alpha value is -2.23. The molecule has 1 aromatic carbocycles. The molecule has 16 heavy (non-hydrogen) atoms. The Bertz CT molecular complexity index is 561. The number of pyridine rings is 1. The summed E-state index contributed by atoms with van der Waals surface area (Å²) in [5, 5.41) is 0. The summed E-state index contributed by atoms with van der Waals surface area (Å²) in [6, 6.07) is 9.19. The average Bonchev–Trinajstić information content (AvgIpc) is 2.33. The Balaban J connectivity index is 2.58. The third-order valence-corrected chi connectivity index (χ3v) is 2.38. The molecule has 2 rings (SSSR count). The van der Waals surface area contributed by atoms with Crippen LogP contribution in [0, 0.1) is 0 Å². The summed E-state index contributed by atoms with van der Waals surface area (Å²) >= 11 is 0. The van der Waals surface area contributed by atoms with E-state index in [0.717, 1.165) is 11.3 Å². The van der Waals surface area contributed by atoms with Gasteiger partial charge in [-0.3, -0.25) is 4.79 Å². The van der Waals surface area contributed by atoms with Crippen LogP contribution in [0.15, 0.2) is 41.3 Å². The lowest BCUT2D eigenvalue weighted by Gasteiger charge is -2.06. The fourth-order valence-electron chi connectivity index (χ4n) is 1.53. The minimum absolute atomic E-state index is 0.218. The van der Waals surface area contributed by atoms with E-state index >= 15 is 0 Å². The molecule has 0 bridgehead atoms. The Labute approximate surface area is 92.7 Å². The number of nitrogen functional groups attached to an aromatic ring is 1. The first-order valence-electron chi connectivity index (χ1n) is 4.84. The molecule has 0 aliphatic heterocycles. The van der Waals surface area contributed by atoms with E-state index in [0.29, 0.717) is 5.56 Å². The van der Waals surface area contributed by atoms with Crippen LogP contribution in [-0.4, -0.2) is 12.1 Å². The molecule has 0 atom stereocenters. The second-order valence-electron chi connectivity index (χ2n) is 3.37. The van der Waals surface area contributed by atoms with Gasteiger partial charge in [0, 0.05) is 11.8 Å². The van der Waals surface area contributed by atoms with Gasteiger partial charge in [0.15, 0.2) is 0 Å². The summed E-state index contributed by atoms with van der Waals surface area (Å²) in [7, 11) is 1.60. The molecular formula is C12H12N2O2. The molecule has 0 radical (unpaired) electrons. The molecule has 1 aromatic heterocycles. The van der Waals surface area contributed by atoms with Crippen molar-refractivity contribution in [3.8, 4) is 16.9 Å². The maximum Gasteiger partial charge on any atom is 0.271 e. The van der Waals surface area contributed by atoms with E-state index in [1.165, 1.54) is 0 Å². The number of nitrogens with one attached hydrogen (secondary N) is 1. The molecule has 0 amide bonds. The SMILES string of the molecule is COc1cccc(-c2cc[nH]c(=O)c2N)c1. The van der Waals surface area contributed by atoms with E-state index in [1.54, 1.807) is 19.4 Å². The van der Waals surface area contributed by atoms with Gasteiger partial charge in [-0.2, -0.15) is 0 Å². The third-order valence-electron chi connectivity index (χ3n) is 2.38. The molecule has 0 fully saturated rings. The van der Waals surface area contributed by atoms with Crippen molar-refractivity contribution in [1.29, 1.82) is 0 Å². The number of aromatic nitrogens is 1. The van der Waals surface area contributed by atoms with E-state index in [4.69, 9.17) is 10.5 Å². The van der Waals surface area contributed by atoms with Gasteiger partial charge in [-0.15, -0.1) is 0 Å². The van der Waals surface area contributed by atoms with Gasteiger partial charge in [0.05, 0.1) is 7.11 Å². The smallest absolute Gasteiger partial charge is 0.271 e. The first-order valence-corrected chi connectivity index (χ1v) is 4.84. The van der Waals surface area contributed by atoms with Gasteiger partial charge in [-0.1, -0.05) is 12.1 Å². The van der Waals surface area contributed by atoms with Gasteiger partial charge in [0.25, 0.3) is 5.56 Å². The predicted octanol–water partition coefficient (Wildman–Crippen LogP) is 1.63. The molecule has 82 valence electrons. The first-order chi connectivity index (χ1) is 7.72. The molecule has 0 saturated carbocycles. The van der Waals surface area contributed by atoms with Crippen LogP contribution in [0.25, 0.3) is 11.1 Å². The topological polar surface area (TPSA) is 68.1 Å². The number of methoxy groups -OCH3 is 1. The number of ether oxygens (including phenoxy) is 1. The number of H-pyrrole nitrogens is 1. The zero-order valence-electron chi connectivity index (χ0n) is 8.86. The molecular weight excluding hydrogens is 204 g/mol. The highest BCUT2D eigenvalue weighted by Gasteiger charge is 2.05. The van der Waals surface area contributed by atoms with E-state index < -0.39 is 0 Å². The van der Waals surface area contributed by atoms with Crippen molar-refractivity contribution in [2.75, 3.05) is 12.8 Å². The number of hydrogen-bond acceptors (Lipinski definition) is 3. The standard InChI is InChI=1S/C12H12N2O2/c1-16-9-4-2-3-8(7-9)10-5-6-14-12(15)11(10)13/h2-7H,13H2,1H3,(H,14,15). The molecule has 0 aliphatic carbocycles. The maximum atomic E-state index is 11.4. The van der Waals surface area contributed by atoms with Crippen molar-refractivity contribution in [2.45, 2.75) is 0 Å². The van der Waals surface area contributed by atoms with Crippen LogP contribution in [0.1, 0.15) is 0 Å². The Kier molecular flexibility index (Phi) is 2.64. The van der Waals surface area contributed by atoms with E-state index in [9.17, 15) is 4.79 Å². The molecule has 0 aliphatic rings. The van der Waals surface area contributed by atoms with Crippen LogP contribution in [0.5, 0.6) is 5.75 Å². The Morgan fingerprint density at radius 2 is 2.12 bits per heavy atom. The van der Waals surface area contributed by atoms with Gasteiger partial charge >= 0.3 is 0 Å². The lowest BCUT2D eigenvalue weighted by molar-refractivity contribution is 0.415. The number of anilines is 1. The second-order valence-corrected chi connectivity index (χ2v) is 3.37. The summed E-state index contributed by atoms with van der Waals surface area (Å²) in [4.78, 5) is 13.9. The number of benzene rings is 1. The minimum Gasteiger partial charge on any atom is -0.497 e. The Morgan fingerprint density at radius 3 is 2.88 bits per heavy atom. The van der Waals surface area contributed by atoms with Gasteiger partial charge in [-0.25, -0.2) is 0 Å². The maximum absolute atomic E-state index is 11.4. The highest BCUT2D eigenvalue weighted by atomic mass is 16.5. The highest BCUT2D eigenvalue weighted by molar-refractivity contribution is 5.75. The zero-order valence-corrected chi connectivity index (χ0v) is 8.86. The van der Waals surface area contributed by atoms with E-state index in [2.05, 4.69) is 4.98 Å². The summed E-state index contributed by atoms with van der Waals surface area (Å²) in [6.45, 7) is 0. The van der Waals surface area contributed by atoms with E-state index in [1.807, 2.05) is 24.3 Å². The van der Waals surface area contributed by atoms with Gasteiger partial charge in [-0.05, 0) is 23.8 Å². The van der Waals surface area contributed by atoms with Crippen molar-refractivity contribution in [3.05, 3.63) is 46.9 Å². The number of nitrogens with two attached hydrogens (primary N) is 1. The summed E-state index contributed by atoms with van der Waals surface area (Å²) in [5.74, 6) is 0.734. The molecule has 0 spiro atoms. The molecule has 4 nitrogen and oxygen atoms in total. The summed E-state index contributed by atoms with van der Waals surface area (Å²) in [6.07, 6.45) is 1.58. The number of rotatable bonds is 2. The highest BCUT2D eigenvalue weighted by Crippen LogP contribution is 2.25. The summed E-state index contributed by atoms with van der Waals surface area (Å²) in [5.41, 5.74) is 7.24. The van der Waals surface area contributed by atoms with Crippen LogP contribution in [0.3, 0.4) is 0 Å². The Morgan fingerprint density at radius 1 is 1.31 bits per heavy atom. The van der Waals surface area contributed by atoms with Crippen LogP contribution in [0.2, 0.25) is 0 Å². The zero-order chi connectivity index (χ0) is 11.5. The largest absolute Gasteiger partial charge is 0.497 e. The molecule has 2 aromatic rings. The van der Waals surface area contributed by atoms with Gasteiger partial charge in [0.2, 0.25) is 0 Å². The lowest BCUT2D eigenvalue weighted by atomic mass is 10.1. The number of aromatic amines is 1. The summed E-state index contributed by atoms with van der Waals surface area (Å²) < 4.78 is 5.12. The molecule has 1 heterocycles. The molecule has 0 saturated heterocycles. The third kappa shape index (κ3) is 1.77. The van der Waals surface area contributed by atoms with Gasteiger partial charge in [0.1, 0.15) is 11.4 Å². The van der Waals surface area contributed by atoms with Crippen LogP contribution in [-0.2, 0) is 0 Å². The van der Waals surface area contributed by atoms with E-state index in [-0.39, 0.29) is 11.2 Å². The first kappa shape index (κ1) is 10.3. The van der Waals surface area contributed by atoms with Crippen molar-refractivity contribution in [1.82, 2.24) is 4.98 Å². The lowest BCUT2D eigenvalue weighted by Crippen LogP contribution is -2.11. The molecule has 3 N–H and O–H groups in total.